The highest BCUT2D eigenvalue weighted by Gasteiger charge is 2.04. The maximum Gasteiger partial charge on any atom is 0.129 e. The van der Waals surface area contributed by atoms with Crippen molar-refractivity contribution < 1.29 is 4.74 Å². The van der Waals surface area contributed by atoms with Gasteiger partial charge in [-0.25, -0.2) is 0 Å². The van der Waals surface area contributed by atoms with Crippen molar-refractivity contribution >= 4 is 11.8 Å². The number of rotatable bonds is 0. The number of fused-ring (bicyclic) bond motifs is 1. The van der Waals surface area contributed by atoms with Crippen LogP contribution in [0.4, 0.5) is 5.69 Å². The molecule has 1 heterocycles. The minimum absolute atomic E-state index is 0.499. The molecule has 2 nitrogen and oxygen atoms in total. The molecule has 0 aliphatic carbocycles. The van der Waals surface area contributed by atoms with Crippen LogP contribution in [0.1, 0.15) is 5.56 Å². The summed E-state index contributed by atoms with van der Waals surface area (Å²) in [7, 11) is 0. The number of hydrogen-bond acceptors (Lipinski definition) is 1. The van der Waals surface area contributed by atoms with Crippen LogP contribution in [-0.2, 0) is 0 Å². The van der Waals surface area contributed by atoms with Gasteiger partial charge in [0.1, 0.15) is 12.4 Å². The Kier molecular flexibility index (Phi) is 1.32. The maximum atomic E-state index is 7.33. The van der Waals surface area contributed by atoms with Gasteiger partial charge in [-0.15, -0.1) is 0 Å². The van der Waals surface area contributed by atoms with Gasteiger partial charge in [-0.05, 0) is 18.2 Å². The predicted octanol–water partition coefficient (Wildman–Crippen LogP) is 2.01. The monoisotopic (exact) mass is 146 g/mol. The van der Waals surface area contributed by atoms with Crippen molar-refractivity contribution in [2.75, 3.05) is 6.61 Å². The first-order valence-corrected chi connectivity index (χ1v) is 3.51. The van der Waals surface area contributed by atoms with E-state index in [4.69, 9.17) is 10.5 Å². The molecular weight excluding hydrogens is 138 g/mol. The lowest BCUT2D eigenvalue weighted by molar-refractivity contribution is 0.358. The summed E-state index contributed by atoms with van der Waals surface area (Å²) in [6.07, 6.45) is 3.98. The fourth-order valence-electron chi connectivity index (χ4n) is 1.11. The van der Waals surface area contributed by atoms with Crippen LogP contribution in [0.3, 0.4) is 0 Å². The van der Waals surface area contributed by atoms with Gasteiger partial charge in [-0.3, -0.25) is 0 Å². The van der Waals surface area contributed by atoms with E-state index < -0.39 is 0 Å². The van der Waals surface area contributed by atoms with Crippen LogP contribution in [-0.4, -0.2) is 6.61 Å². The topological polar surface area (TPSA) is 33.0 Å². The summed E-state index contributed by atoms with van der Waals surface area (Å²) in [5, 5.41) is 0. The number of ether oxygens (including phenoxy) is 1. The summed E-state index contributed by atoms with van der Waals surface area (Å²) >= 11 is 0. The molecule has 1 aromatic carbocycles. The highest BCUT2D eigenvalue weighted by atomic mass is 16.5. The van der Waals surface area contributed by atoms with E-state index >= 15 is 0 Å². The van der Waals surface area contributed by atoms with E-state index in [0.29, 0.717) is 12.3 Å². The zero-order valence-electron chi connectivity index (χ0n) is 6.00. The lowest BCUT2D eigenvalue weighted by Crippen LogP contribution is -1.99. The number of hydrogen-bond donors (Lipinski definition) is 0. The van der Waals surface area contributed by atoms with Crippen molar-refractivity contribution in [3.63, 3.8) is 0 Å². The van der Waals surface area contributed by atoms with Gasteiger partial charge >= 0.3 is 0 Å². The molecule has 1 radical (unpaired) electrons. The third kappa shape index (κ3) is 1.07. The third-order valence-corrected chi connectivity index (χ3v) is 1.65. The summed E-state index contributed by atoms with van der Waals surface area (Å²) < 4.78 is 5.30. The molecular formula is C9H8NO. The zero-order chi connectivity index (χ0) is 7.68. The molecule has 1 aliphatic heterocycles. The minimum Gasteiger partial charge on any atom is -0.489 e. The highest BCUT2D eigenvalue weighted by molar-refractivity contribution is 5.62. The van der Waals surface area contributed by atoms with Gasteiger partial charge in [0.15, 0.2) is 0 Å². The van der Waals surface area contributed by atoms with Crippen molar-refractivity contribution in [3.8, 4) is 5.75 Å². The van der Waals surface area contributed by atoms with E-state index in [1.165, 1.54) is 0 Å². The van der Waals surface area contributed by atoms with Gasteiger partial charge in [-0.2, -0.15) is 0 Å². The van der Waals surface area contributed by atoms with E-state index in [2.05, 4.69) is 0 Å². The Bertz CT molecular complexity index is 304. The van der Waals surface area contributed by atoms with E-state index in [9.17, 15) is 0 Å². The van der Waals surface area contributed by atoms with Crippen LogP contribution in [0.25, 0.3) is 6.08 Å². The van der Waals surface area contributed by atoms with Gasteiger partial charge in [-0.1, -0.05) is 6.08 Å². The Balaban J connectivity index is 2.53. The molecule has 1 aromatic rings. The number of benzene rings is 1. The Morgan fingerprint density at radius 3 is 3.18 bits per heavy atom. The molecule has 2 rings (SSSR count). The average molecular weight is 146 g/mol. The molecule has 1 N–H and O–H groups in total. The van der Waals surface area contributed by atoms with E-state index in [-0.39, 0.29) is 0 Å². The van der Waals surface area contributed by atoms with E-state index in [1.54, 1.807) is 12.1 Å². The van der Waals surface area contributed by atoms with Crippen molar-refractivity contribution in [1.29, 1.82) is 0 Å². The Morgan fingerprint density at radius 1 is 1.36 bits per heavy atom. The fourth-order valence-corrected chi connectivity index (χ4v) is 1.11. The molecule has 0 unspecified atom stereocenters. The molecule has 2 heteroatoms. The van der Waals surface area contributed by atoms with Gasteiger partial charge in [0, 0.05) is 11.6 Å². The summed E-state index contributed by atoms with van der Waals surface area (Å²) in [6.45, 7) is 0.621. The lowest BCUT2D eigenvalue weighted by Gasteiger charge is -2.11. The molecule has 1 aliphatic rings. The Labute approximate surface area is 65.3 Å². The van der Waals surface area contributed by atoms with Crippen LogP contribution >= 0.6 is 0 Å². The maximum absolute atomic E-state index is 7.33. The standard InChI is InChI=1S/C9H8NO/c10-8-4-3-7-2-1-5-11-9(7)6-8/h1-4,6,10H,5H2. The van der Waals surface area contributed by atoms with E-state index in [0.717, 1.165) is 11.3 Å². The second kappa shape index (κ2) is 2.31. The van der Waals surface area contributed by atoms with Gasteiger partial charge in [0.25, 0.3) is 0 Å². The average Bonchev–Trinajstić information content (AvgIpc) is 2.04. The molecule has 0 atom stereocenters. The second-order valence-corrected chi connectivity index (χ2v) is 2.47. The predicted molar refractivity (Wildman–Crippen MR) is 43.7 cm³/mol. The normalized spacial score (nSPS) is 13.8. The highest BCUT2D eigenvalue weighted by Crippen LogP contribution is 2.25. The quantitative estimate of drug-likeness (QED) is 0.551. The molecule has 0 bridgehead atoms. The summed E-state index contributed by atoms with van der Waals surface area (Å²) in [5.41, 5.74) is 8.89. The SMILES string of the molecule is [NH]c1ccc2c(c1)OCC=C2. The molecule has 0 aromatic heterocycles. The molecule has 0 saturated carbocycles. The first-order chi connectivity index (χ1) is 5.36. The Morgan fingerprint density at radius 2 is 2.27 bits per heavy atom. The van der Waals surface area contributed by atoms with Crippen molar-refractivity contribution in [3.05, 3.63) is 29.8 Å². The van der Waals surface area contributed by atoms with Crippen LogP contribution in [0.2, 0.25) is 0 Å². The van der Waals surface area contributed by atoms with Crippen LogP contribution in [0, 0.1) is 0 Å². The molecule has 0 saturated heterocycles. The third-order valence-electron chi connectivity index (χ3n) is 1.65. The molecule has 11 heavy (non-hydrogen) atoms. The van der Waals surface area contributed by atoms with Crippen molar-refractivity contribution in [1.82, 2.24) is 5.73 Å². The smallest absolute Gasteiger partial charge is 0.129 e. The van der Waals surface area contributed by atoms with Gasteiger partial charge < -0.3 is 10.5 Å². The minimum atomic E-state index is 0.499. The molecule has 0 fully saturated rings. The number of nitrogens with one attached hydrogen (secondary N) is 1. The molecule has 0 spiro atoms. The van der Waals surface area contributed by atoms with Gasteiger partial charge in [0.2, 0.25) is 0 Å². The first kappa shape index (κ1) is 6.28. The summed E-state index contributed by atoms with van der Waals surface area (Å²) in [5.74, 6) is 0.819. The zero-order valence-corrected chi connectivity index (χ0v) is 6.00. The van der Waals surface area contributed by atoms with Gasteiger partial charge in [0.05, 0.1) is 5.69 Å². The van der Waals surface area contributed by atoms with Crippen LogP contribution < -0.4 is 10.5 Å². The van der Waals surface area contributed by atoms with Crippen molar-refractivity contribution in [2.45, 2.75) is 0 Å². The second-order valence-electron chi connectivity index (χ2n) is 2.47. The molecule has 0 amide bonds. The Hall–Kier alpha value is -1.44. The van der Waals surface area contributed by atoms with E-state index in [1.807, 2.05) is 18.2 Å². The van der Waals surface area contributed by atoms with Crippen molar-refractivity contribution in [2.24, 2.45) is 0 Å². The lowest BCUT2D eigenvalue weighted by atomic mass is 10.1. The summed E-state index contributed by atoms with van der Waals surface area (Å²) in [6, 6.07) is 5.39. The van der Waals surface area contributed by atoms with Crippen LogP contribution in [0.15, 0.2) is 24.3 Å². The fraction of sp³-hybridized carbons (Fsp3) is 0.111. The molecule has 55 valence electrons. The summed E-state index contributed by atoms with van der Waals surface area (Å²) in [4.78, 5) is 0. The largest absolute Gasteiger partial charge is 0.489 e. The van der Waals surface area contributed by atoms with Crippen LogP contribution in [0.5, 0.6) is 5.75 Å². The first-order valence-electron chi connectivity index (χ1n) is 3.51.